The van der Waals surface area contributed by atoms with Gasteiger partial charge in [-0.3, -0.25) is 10.0 Å². The van der Waals surface area contributed by atoms with Gasteiger partial charge >= 0.3 is 0 Å². The molecule has 5 heteroatoms. The number of rotatable bonds is 4. The lowest BCUT2D eigenvalue weighted by atomic mass is 9.84. The van der Waals surface area contributed by atoms with Crippen LogP contribution < -0.4 is 5.48 Å². The van der Waals surface area contributed by atoms with Gasteiger partial charge in [-0.1, -0.05) is 31.4 Å². The predicted octanol–water partition coefficient (Wildman–Crippen LogP) is 4.25. The molecule has 1 aliphatic rings. The lowest BCUT2D eigenvalue weighted by Gasteiger charge is -2.21. The van der Waals surface area contributed by atoms with Crippen LogP contribution in [-0.4, -0.2) is 20.7 Å². The van der Waals surface area contributed by atoms with Crippen LogP contribution >= 0.6 is 0 Å². The number of nitrogens with zero attached hydrogens (tertiary/aromatic N) is 2. The minimum atomic E-state index is -0.500. The monoisotopic (exact) mass is 349 g/mol. The van der Waals surface area contributed by atoms with Gasteiger partial charge in [-0.25, -0.2) is 10.5 Å². The van der Waals surface area contributed by atoms with Gasteiger partial charge in [-0.15, -0.1) is 0 Å². The highest BCUT2D eigenvalue weighted by Crippen LogP contribution is 2.33. The zero-order valence-electron chi connectivity index (χ0n) is 14.7. The zero-order chi connectivity index (χ0) is 17.9. The second-order valence-corrected chi connectivity index (χ2v) is 7.10. The molecule has 0 saturated heterocycles. The van der Waals surface area contributed by atoms with Crippen LogP contribution in [0.4, 0.5) is 0 Å². The maximum Gasteiger partial charge on any atom is 0.274 e. The normalized spacial score (nSPS) is 15.3. The molecule has 1 aliphatic carbocycles. The number of carbonyl (C=O) groups excluding carboxylic acids is 1. The molecule has 0 atom stereocenters. The van der Waals surface area contributed by atoms with E-state index in [2.05, 4.69) is 22.9 Å². The number of fused-ring (bicyclic) bond motifs is 1. The molecule has 2 N–H and O–H groups in total. The molecule has 0 spiro atoms. The van der Waals surface area contributed by atoms with Gasteiger partial charge in [0.05, 0.1) is 0 Å². The average molecular weight is 349 g/mol. The van der Waals surface area contributed by atoms with Crippen molar-refractivity contribution in [3.63, 3.8) is 0 Å². The number of hydrogen-bond donors (Lipinski definition) is 2. The number of hydrogen-bond acceptors (Lipinski definition) is 3. The Labute approximate surface area is 152 Å². The van der Waals surface area contributed by atoms with E-state index < -0.39 is 5.91 Å². The molecule has 4 rings (SSSR count). The first kappa shape index (κ1) is 16.8. The first-order valence-electron chi connectivity index (χ1n) is 9.23. The number of aromatic nitrogens is 2. The highest BCUT2D eigenvalue weighted by Gasteiger charge is 2.16. The zero-order valence-corrected chi connectivity index (χ0v) is 14.7. The number of pyridine rings is 1. The SMILES string of the molecule is O=C(NO)c1ccc(Cn2ccc3cc(C4CCCCC4)cnc32)cc1. The van der Waals surface area contributed by atoms with Crippen molar-refractivity contribution in [1.82, 2.24) is 15.0 Å². The van der Waals surface area contributed by atoms with Crippen molar-refractivity contribution in [2.45, 2.75) is 44.6 Å². The Hall–Kier alpha value is -2.66. The molecule has 1 saturated carbocycles. The topological polar surface area (TPSA) is 67.2 Å². The number of carbonyl (C=O) groups is 1. The molecule has 1 fully saturated rings. The minimum Gasteiger partial charge on any atom is -0.328 e. The lowest BCUT2D eigenvalue weighted by molar-refractivity contribution is 0.0706. The summed E-state index contributed by atoms with van der Waals surface area (Å²) in [5.74, 6) is 0.161. The molecular formula is C21H23N3O2. The molecule has 2 aromatic heterocycles. The van der Waals surface area contributed by atoms with Crippen LogP contribution in [0.2, 0.25) is 0 Å². The van der Waals surface area contributed by atoms with Gasteiger partial charge in [0.15, 0.2) is 0 Å². The molecule has 5 nitrogen and oxygen atoms in total. The molecule has 0 aliphatic heterocycles. The molecule has 0 bridgehead atoms. The van der Waals surface area contributed by atoms with E-state index in [4.69, 9.17) is 10.2 Å². The van der Waals surface area contributed by atoms with Gasteiger partial charge < -0.3 is 4.57 Å². The summed E-state index contributed by atoms with van der Waals surface area (Å²) in [6, 6.07) is 11.6. The summed E-state index contributed by atoms with van der Waals surface area (Å²) < 4.78 is 2.13. The third-order valence-electron chi connectivity index (χ3n) is 5.37. The van der Waals surface area contributed by atoms with Gasteiger partial charge in [0.25, 0.3) is 5.91 Å². The predicted molar refractivity (Wildman–Crippen MR) is 100 cm³/mol. The molecule has 1 amide bonds. The average Bonchev–Trinajstić information content (AvgIpc) is 3.10. The summed E-state index contributed by atoms with van der Waals surface area (Å²) in [6.07, 6.45) is 10.7. The number of amides is 1. The van der Waals surface area contributed by atoms with Crippen molar-refractivity contribution in [2.75, 3.05) is 0 Å². The molecule has 0 radical (unpaired) electrons. The van der Waals surface area contributed by atoms with Gasteiger partial charge in [0.1, 0.15) is 5.65 Å². The van der Waals surface area contributed by atoms with Crippen LogP contribution in [0, 0.1) is 0 Å². The summed E-state index contributed by atoms with van der Waals surface area (Å²) in [4.78, 5) is 16.1. The van der Waals surface area contributed by atoms with Crippen LogP contribution in [-0.2, 0) is 6.54 Å². The molecule has 1 aromatic carbocycles. The first-order valence-corrected chi connectivity index (χ1v) is 9.23. The smallest absolute Gasteiger partial charge is 0.274 e. The van der Waals surface area contributed by atoms with Crippen LogP contribution in [0.15, 0.2) is 48.8 Å². The van der Waals surface area contributed by atoms with Crippen molar-refractivity contribution >= 4 is 16.9 Å². The Balaban J connectivity index is 1.54. The van der Waals surface area contributed by atoms with Crippen molar-refractivity contribution < 1.29 is 10.0 Å². The Bertz CT molecular complexity index is 909. The highest BCUT2D eigenvalue weighted by atomic mass is 16.5. The van der Waals surface area contributed by atoms with E-state index >= 15 is 0 Å². The molecule has 0 unspecified atom stereocenters. The minimum absolute atomic E-state index is 0.434. The molecule has 134 valence electrons. The Morgan fingerprint density at radius 1 is 1.15 bits per heavy atom. The van der Waals surface area contributed by atoms with Gasteiger partial charge in [-0.05, 0) is 54.2 Å². The van der Waals surface area contributed by atoms with Crippen LogP contribution in [0.3, 0.4) is 0 Å². The van der Waals surface area contributed by atoms with E-state index in [0.29, 0.717) is 18.0 Å². The van der Waals surface area contributed by atoms with Crippen molar-refractivity contribution in [1.29, 1.82) is 0 Å². The second kappa shape index (κ2) is 7.30. The van der Waals surface area contributed by atoms with E-state index in [-0.39, 0.29) is 0 Å². The number of hydroxylamine groups is 1. The fourth-order valence-electron chi connectivity index (χ4n) is 3.90. The lowest BCUT2D eigenvalue weighted by Crippen LogP contribution is -2.18. The van der Waals surface area contributed by atoms with Crippen LogP contribution in [0.25, 0.3) is 11.0 Å². The summed E-state index contributed by atoms with van der Waals surface area (Å²) in [6.45, 7) is 0.695. The van der Waals surface area contributed by atoms with E-state index in [1.54, 1.807) is 17.6 Å². The summed E-state index contributed by atoms with van der Waals surface area (Å²) in [5, 5.41) is 9.87. The summed E-state index contributed by atoms with van der Waals surface area (Å²) >= 11 is 0. The second-order valence-electron chi connectivity index (χ2n) is 7.10. The fourth-order valence-corrected chi connectivity index (χ4v) is 3.90. The van der Waals surface area contributed by atoms with Gasteiger partial charge in [0.2, 0.25) is 0 Å². The summed E-state index contributed by atoms with van der Waals surface area (Å²) in [7, 11) is 0. The standard InChI is InChI=1S/C21H23N3O2/c25-21(23-26)17-8-6-15(7-9-17)14-24-11-10-18-12-19(13-22-20(18)24)16-4-2-1-3-5-16/h6-13,16,26H,1-5,14H2,(H,23,25). The molecule has 2 heterocycles. The largest absolute Gasteiger partial charge is 0.328 e. The third kappa shape index (κ3) is 3.35. The van der Waals surface area contributed by atoms with Crippen molar-refractivity contribution in [2.24, 2.45) is 0 Å². The van der Waals surface area contributed by atoms with E-state index in [1.807, 2.05) is 18.3 Å². The molecule has 26 heavy (non-hydrogen) atoms. The highest BCUT2D eigenvalue weighted by molar-refractivity contribution is 5.93. The Kier molecular flexibility index (Phi) is 4.71. The fraction of sp³-hybridized carbons (Fsp3) is 0.333. The maximum atomic E-state index is 11.4. The Morgan fingerprint density at radius 3 is 2.65 bits per heavy atom. The van der Waals surface area contributed by atoms with Gasteiger partial charge in [-0.2, -0.15) is 0 Å². The molecular weight excluding hydrogens is 326 g/mol. The van der Waals surface area contributed by atoms with Crippen molar-refractivity contribution in [3.8, 4) is 0 Å². The van der Waals surface area contributed by atoms with E-state index in [9.17, 15) is 4.79 Å². The maximum absolute atomic E-state index is 11.4. The van der Waals surface area contributed by atoms with E-state index in [0.717, 1.165) is 11.2 Å². The molecule has 3 aromatic rings. The van der Waals surface area contributed by atoms with Crippen LogP contribution in [0.5, 0.6) is 0 Å². The number of nitrogens with one attached hydrogen (secondary N) is 1. The quantitative estimate of drug-likeness (QED) is 0.546. The van der Waals surface area contributed by atoms with Gasteiger partial charge in [0, 0.05) is 29.9 Å². The summed E-state index contributed by atoms with van der Waals surface area (Å²) in [5.41, 5.74) is 5.52. The first-order chi connectivity index (χ1) is 12.7. The number of benzene rings is 1. The van der Waals surface area contributed by atoms with Crippen LogP contribution in [0.1, 0.15) is 59.5 Å². The van der Waals surface area contributed by atoms with E-state index in [1.165, 1.54) is 43.1 Å². The van der Waals surface area contributed by atoms with Crippen molar-refractivity contribution in [3.05, 3.63) is 65.5 Å². The Morgan fingerprint density at radius 2 is 1.92 bits per heavy atom. The third-order valence-corrected chi connectivity index (χ3v) is 5.37.